The second kappa shape index (κ2) is 7.57. The van der Waals surface area contributed by atoms with Crippen molar-refractivity contribution in [3.8, 4) is 5.75 Å². The van der Waals surface area contributed by atoms with Crippen molar-refractivity contribution in [1.29, 1.82) is 0 Å². The third kappa shape index (κ3) is 3.91. The van der Waals surface area contributed by atoms with Gasteiger partial charge in [-0.2, -0.15) is 0 Å². The standard InChI is InChI=1S/C15H19NO2S2/c1-3-16-10-12-6-7-14(18-2)13(9-12)11-20(17)15-5-4-8-19-15/h4-9,16H,3,10-11H2,1-2H3. The van der Waals surface area contributed by atoms with Crippen molar-refractivity contribution in [2.45, 2.75) is 23.4 Å². The average Bonchev–Trinajstić information content (AvgIpc) is 2.99. The molecule has 1 aromatic carbocycles. The van der Waals surface area contributed by atoms with Gasteiger partial charge in [-0.1, -0.05) is 19.1 Å². The van der Waals surface area contributed by atoms with Gasteiger partial charge in [0.2, 0.25) is 0 Å². The first-order valence-corrected chi connectivity index (χ1v) is 8.72. The normalized spacial score (nSPS) is 12.3. The van der Waals surface area contributed by atoms with Crippen molar-refractivity contribution < 1.29 is 8.95 Å². The second-order valence-corrected chi connectivity index (χ2v) is 6.97. The van der Waals surface area contributed by atoms with Crippen molar-refractivity contribution in [2.75, 3.05) is 13.7 Å². The topological polar surface area (TPSA) is 38.3 Å². The predicted molar refractivity (Wildman–Crippen MR) is 84.8 cm³/mol. The Hall–Kier alpha value is -1.17. The molecule has 1 unspecified atom stereocenters. The molecule has 0 radical (unpaired) electrons. The summed E-state index contributed by atoms with van der Waals surface area (Å²) in [5, 5.41) is 5.25. The Morgan fingerprint density at radius 1 is 1.35 bits per heavy atom. The van der Waals surface area contributed by atoms with Crippen LogP contribution in [0.4, 0.5) is 0 Å². The van der Waals surface area contributed by atoms with E-state index in [2.05, 4.69) is 18.3 Å². The van der Waals surface area contributed by atoms with Crippen molar-refractivity contribution in [3.63, 3.8) is 0 Å². The minimum Gasteiger partial charge on any atom is -0.496 e. The SMILES string of the molecule is CCNCc1ccc(OC)c(CS(=O)c2cccs2)c1. The van der Waals surface area contributed by atoms with E-state index in [-0.39, 0.29) is 0 Å². The number of nitrogens with one attached hydrogen (secondary N) is 1. The maximum Gasteiger partial charge on any atom is 0.123 e. The van der Waals surface area contributed by atoms with Gasteiger partial charge in [0, 0.05) is 12.1 Å². The minimum atomic E-state index is -1.01. The Morgan fingerprint density at radius 3 is 2.85 bits per heavy atom. The summed E-state index contributed by atoms with van der Waals surface area (Å²) in [5.41, 5.74) is 2.18. The van der Waals surface area contributed by atoms with Crippen LogP contribution in [0.15, 0.2) is 39.9 Å². The molecule has 0 fully saturated rings. The number of ether oxygens (including phenoxy) is 1. The lowest BCUT2D eigenvalue weighted by Gasteiger charge is -2.10. The summed E-state index contributed by atoms with van der Waals surface area (Å²) in [7, 11) is 0.639. The first-order chi connectivity index (χ1) is 9.74. The van der Waals surface area contributed by atoms with Gasteiger partial charge in [0.05, 0.1) is 27.9 Å². The fourth-order valence-electron chi connectivity index (χ4n) is 1.93. The van der Waals surface area contributed by atoms with E-state index in [4.69, 9.17) is 4.74 Å². The van der Waals surface area contributed by atoms with E-state index in [1.54, 1.807) is 7.11 Å². The summed E-state index contributed by atoms with van der Waals surface area (Å²) in [6.45, 7) is 3.83. The summed E-state index contributed by atoms with van der Waals surface area (Å²) in [6, 6.07) is 9.91. The third-order valence-corrected chi connectivity index (χ3v) is 5.60. The molecule has 2 aromatic rings. The van der Waals surface area contributed by atoms with Gasteiger partial charge in [-0.25, -0.2) is 0 Å². The lowest BCUT2D eigenvalue weighted by molar-refractivity contribution is 0.411. The van der Waals surface area contributed by atoms with Crippen LogP contribution in [0.5, 0.6) is 5.75 Å². The predicted octanol–water partition coefficient (Wildman–Crippen LogP) is 3.17. The molecule has 0 bridgehead atoms. The molecular weight excluding hydrogens is 290 g/mol. The van der Waals surface area contributed by atoms with Crippen LogP contribution in [0, 0.1) is 0 Å². The van der Waals surface area contributed by atoms with Gasteiger partial charge in [-0.3, -0.25) is 4.21 Å². The summed E-state index contributed by atoms with van der Waals surface area (Å²) < 4.78 is 18.6. The number of benzene rings is 1. The first kappa shape index (κ1) is 15.2. The van der Waals surface area contributed by atoms with E-state index in [0.29, 0.717) is 5.75 Å². The van der Waals surface area contributed by atoms with Crippen molar-refractivity contribution in [1.82, 2.24) is 5.32 Å². The van der Waals surface area contributed by atoms with Gasteiger partial charge in [-0.15, -0.1) is 11.3 Å². The van der Waals surface area contributed by atoms with Crippen LogP contribution in [0.3, 0.4) is 0 Å². The van der Waals surface area contributed by atoms with E-state index >= 15 is 0 Å². The van der Waals surface area contributed by atoms with Crippen LogP contribution >= 0.6 is 11.3 Å². The molecule has 0 spiro atoms. The van der Waals surface area contributed by atoms with E-state index in [0.717, 1.165) is 28.6 Å². The maximum absolute atomic E-state index is 12.3. The molecule has 1 heterocycles. The zero-order chi connectivity index (χ0) is 14.4. The molecule has 1 N–H and O–H groups in total. The molecule has 20 heavy (non-hydrogen) atoms. The third-order valence-electron chi connectivity index (χ3n) is 2.93. The highest BCUT2D eigenvalue weighted by atomic mass is 32.2. The Morgan fingerprint density at radius 2 is 2.20 bits per heavy atom. The van der Waals surface area contributed by atoms with Gasteiger partial charge in [0.15, 0.2) is 0 Å². The molecular formula is C15H19NO2S2. The molecule has 0 saturated heterocycles. The number of rotatable bonds is 7. The minimum absolute atomic E-state index is 0.490. The molecule has 0 amide bonds. The Labute approximate surface area is 126 Å². The molecule has 0 aliphatic rings. The molecule has 1 aromatic heterocycles. The highest BCUT2D eigenvalue weighted by molar-refractivity contribution is 7.86. The fraction of sp³-hybridized carbons (Fsp3) is 0.333. The maximum atomic E-state index is 12.3. The van der Waals surface area contributed by atoms with Gasteiger partial charge >= 0.3 is 0 Å². The van der Waals surface area contributed by atoms with Gasteiger partial charge in [-0.05, 0) is 35.7 Å². The van der Waals surface area contributed by atoms with Crippen LogP contribution in [-0.4, -0.2) is 17.9 Å². The fourth-order valence-corrected chi connectivity index (χ4v) is 4.03. The summed E-state index contributed by atoms with van der Waals surface area (Å²) in [5.74, 6) is 1.29. The van der Waals surface area contributed by atoms with E-state index in [9.17, 15) is 4.21 Å². The monoisotopic (exact) mass is 309 g/mol. The molecule has 3 nitrogen and oxygen atoms in total. The number of methoxy groups -OCH3 is 1. The molecule has 0 aliphatic heterocycles. The van der Waals surface area contributed by atoms with Crippen LogP contribution in [0.2, 0.25) is 0 Å². The summed E-state index contributed by atoms with van der Waals surface area (Å²) in [4.78, 5) is 0. The molecule has 5 heteroatoms. The van der Waals surface area contributed by atoms with Gasteiger partial charge in [0.25, 0.3) is 0 Å². The lowest BCUT2D eigenvalue weighted by Crippen LogP contribution is -2.12. The summed E-state index contributed by atoms with van der Waals surface area (Å²) in [6.07, 6.45) is 0. The Kier molecular flexibility index (Phi) is 5.76. The van der Waals surface area contributed by atoms with E-state index in [1.807, 2.05) is 29.6 Å². The molecule has 0 saturated carbocycles. The zero-order valence-corrected chi connectivity index (χ0v) is 13.4. The lowest BCUT2D eigenvalue weighted by atomic mass is 10.1. The number of hydrogen-bond donors (Lipinski definition) is 1. The molecule has 2 rings (SSSR count). The van der Waals surface area contributed by atoms with E-state index in [1.165, 1.54) is 16.9 Å². The summed E-state index contributed by atoms with van der Waals surface area (Å²) >= 11 is 1.53. The van der Waals surface area contributed by atoms with Gasteiger partial charge in [0.1, 0.15) is 5.75 Å². The van der Waals surface area contributed by atoms with E-state index < -0.39 is 10.8 Å². The van der Waals surface area contributed by atoms with Crippen LogP contribution < -0.4 is 10.1 Å². The molecule has 0 aliphatic carbocycles. The van der Waals surface area contributed by atoms with Crippen LogP contribution in [0.1, 0.15) is 18.1 Å². The zero-order valence-electron chi connectivity index (χ0n) is 11.7. The second-order valence-electron chi connectivity index (χ2n) is 4.35. The van der Waals surface area contributed by atoms with Crippen LogP contribution in [0.25, 0.3) is 0 Å². The Balaban J connectivity index is 2.17. The number of thiophene rings is 1. The van der Waals surface area contributed by atoms with Crippen LogP contribution in [-0.2, 0) is 23.1 Å². The van der Waals surface area contributed by atoms with Crippen molar-refractivity contribution in [3.05, 3.63) is 46.8 Å². The van der Waals surface area contributed by atoms with Crippen molar-refractivity contribution in [2.24, 2.45) is 0 Å². The largest absolute Gasteiger partial charge is 0.496 e. The first-order valence-electron chi connectivity index (χ1n) is 6.53. The highest BCUT2D eigenvalue weighted by Crippen LogP contribution is 2.25. The average molecular weight is 309 g/mol. The molecule has 1 atom stereocenters. The highest BCUT2D eigenvalue weighted by Gasteiger charge is 2.11. The van der Waals surface area contributed by atoms with Crippen molar-refractivity contribution >= 4 is 22.1 Å². The van der Waals surface area contributed by atoms with Gasteiger partial charge < -0.3 is 10.1 Å². The Bertz CT molecular complexity index is 567. The smallest absolute Gasteiger partial charge is 0.123 e. The number of hydrogen-bond acceptors (Lipinski definition) is 4. The molecule has 108 valence electrons. The quantitative estimate of drug-likeness (QED) is 0.854.